The van der Waals surface area contributed by atoms with Gasteiger partial charge in [0.1, 0.15) is 0 Å². The second-order valence-corrected chi connectivity index (χ2v) is 8.40. The quantitative estimate of drug-likeness (QED) is 0.598. The van der Waals surface area contributed by atoms with E-state index in [4.69, 9.17) is 0 Å². The molecule has 0 spiro atoms. The third kappa shape index (κ3) is 8.13. The summed E-state index contributed by atoms with van der Waals surface area (Å²) in [4.78, 5) is 37.3. The minimum absolute atomic E-state index is 0.0237. The zero-order chi connectivity index (χ0) is 19.9. The highest BCUT2D eigenvalue weighted by molar-refractivity contribution is 5.92. The van der Waals surface area contributed by atoms with Gasteiger partial charge in [-0.15, -0.1) is 0 Å². The Labute approximate surface area is 153 Å². The SMILES string of the molecule is CC(=O)C(NC(=O)C(CC(=O)C(NC(C)C)C(C)C)C(C)C)C(C)C. The van der Waals surface area contributed by atoms with E-state index in [0.29, 0.717) is 0 Å². The minimum atomic E-state index is -0.501. The maximum atomic E-state index is 12.8. The van der Waals surface area contributed by atoms with Crippen LogP contribution in [0.15, 0.2) is 0 Å². The third-order valence-corrected chi connectivity index (χ3v) is 4.49. The summed E-state index contributed by atoms with van der Waals surface area (Å²) in [6.07, 6.45) is 0.189. The highest BCUT2D eigenvalue weighted by Gasteiger charge is 2.32. The molecule has 0 saturated heterocycles. The van der Waals surface area contributed by atoms with Crippen LogP contribution in [0.4, 0.5) is 0 Å². The second kappa shape index (κ2) is 10.7. The predicted molar refractivity (Wildman–Crippen MR) is 102 cm³/mol. The Morgan fingerprint density at radius 1 is 0.760 bits per heavy atom. The number of ketones is 2. The van der Waals surface area contributed by atoms with Gasteiger partial charge in [0.05, 0.1) is 12.1 Å². The molecule has 3 unspecified atom stereocenters. The molecule has 1 amide bonds. The Morgan fingerprint density at radius 2 is 1.24 bits per heavy atom. The van der Waals surface area contributed by atoms with Gasteiger partial charge in [-0.3, -0.25) is 14.4 Å². The first-order valence-electron chi connectivity index (χ1n) is 9.48. The second-order valence-electron chi connectivity index (χ2n) is 8.40. The first-order valence-corrected chi connectivity index (χ1v) is 9.48. The smallest absolute Gasteiger partial charge is 0.224 e. The number of hydrogen-bond donors (Lipinski definition) is 2. The van der Waals surface area contributed by atoms with E-state index in [1.807, 2.05) is 55.4 Å². The van der Waals surface area contributed by atoms with Gasteiger partial charge in [-0.25, -0.2) is 0 Å². The van der Waals surface area contributed by atoms with Gasteiger partial charge >= 0.3 is 0 Å². The molecule has 2 N–H and O–H groups in total. The zero-order valence-electron chi connectivity index (χ0n) is 17.5. The van der Waals surface area contributed by atoms with Gasteiger partial charge in [-0.05, 0) is 24.7 Å². The fourth-order valence-corrected chi connectivity index (χ4v) is 2.99. The molecule has 0 heterocycles. The first-order chi connectivity index (χ1) is 11.4. The normalized spacial score (nSPS) is 15.6. The van der Waals surface area contributed by atoms with Crippen molar-refractivity contribution >= 4 is 17.5 Å². The topological polar surface area (TPSA) is 75.3 Å². The van der Waals surface area contributed by atoms with Crippen molar-refractivity contribution in [3.8, 4) is 0 Å². The van der Waals surface area contributed by atoms with Gasteiger partial charge in [-0.1, -0.05) is 55.4 Å². The number of amides is 1. The van der Waals surface area contributed by atoms with Crippen LogP contribution in [0.3, 0.4) is 0 Å². The summed E-state index contributed by atoms with van der Waals surface area (Å²) in [6, 6.07) is -0.563. The maximum Gasteiger partial charge on any atom is 0.224 e. The van der Waals surface area contributed by atoms with Crippen molar-refractivity contribution in [1.29, 1.82) is 0 Å². The molecule has 0 rings (SSSR count). The van der Waals surface area contributed by atoms with Crippen molar-refractivity contribution in [2.24, 2.45) is 23.7 Å². The van der Waals surface area contributed by atoms with Crippen LogP contribution in [-0.4, -0.2) is 35.6 Å². The number of hydrogen-bond acceptors (Lipinski definition) is 4. The van der Waals surface area contributed by atoms with E-state index in [0.717, 1.165) is 0 Å². The zero-order valence-corrected chi connectivity index (χ0v) is 17.5. The summed E-state index contributed by atoms with van der Waals surface area (Å²) in [5.74, 6) is -0.425. The van der Waals surface area contributed by atoms with Gasteiger partial charge in [0.2, 0.25) is 5.91 Å². The van der Waals surface area contributed by atoms with E-state index in [9.17, 15) is 14.4 Å². The molecule has 0 aliphatic carbocycles. The molecule has 0 radical (unpaired) electrons. The van der Waals surface area contributed by atoms with E-state index in [1.54, 1.807) is 0 Å². The van der Waals surface area contributed by atoms with Gasteiger partial charge < -0.3 is 10.6 Å². The lowest BCUT2D eigenvalue weighted by molar-refractivity contribution is -0.134. The molecule has 0 fully saturated rings. The monoisotopic (exact) mass is 354 g/mol. The van der Waals surface area contributed by atoms with Gasteiger partial charge in [0.25, 0.3) is 0 Å². The molecule has 0 aromatic heterocycles. The van der Waals surface area contributed by atoms with Crippen LogP contribution in [-0.2, 0) is 14.4 Å². The van der Waals surface area contributed by atoms with Crippen molar-refractivity contribution in [3.63, 3.8) is 0 Å². The summed E-state index contributed by atoms with van der Waals surface area (Å²) in [6.45, 7) is 17.2. The van der Waals surface area contributed by atoms with Crippen LogP contribution in [0.5, 0.6) is 0 Å². The lowest BCUT2D eigenvalue weighted by Crippen LogP contribution is -2.49. The maximum absolute atomic E-state index is 12.8. The van der Waals surface area contributed by atoms with Crippen molar-refractivity contribution in [2.45, 2.75) is 86.9 Å². The van der Waals surface area contributed by atoms with Crippen LogP contribution >= 0.6 is 0 Å². The molecule has 5 heteroatoms. The first kappa shape index (κ1) is 23.8. The molecular weight excluding hydrogens is 316 g/mol. The van der Waals surface area contributed by atoms with Gasteiger partial charge in [0, 0.05) is 18.4 Å². The van der Waals surface area contributed by atoms with Crippen LogP contribution in [0, 0.1) is 23.7 Å². The molecule has 0 aromatic rings. The summed E-state index contributed by atoms with van der Waals surface area (Å²) in [7, 11) is 0. The number of carbonyl (C=O) groups excluding carboxylic acids is 3. The highest BCUT2D eigenvalue weighted by Crippen LogP contribution is 2.20. The predicted octanol–water partition coefficient (Wildman–Crippen LogP) is 2.97. The minimum Gasteiger partial charge on any atom is -0.346 e. The van der Waals surface area contributed by atoms with E-state index in [1.165, 1.54) is 6.92 Å². The Kier molecular flexibility index (Phi) is 10.2. The van der Waals surface area contributed by atoms with Crippen molar-refractivity contribution < 1.29 is 14.4 Å². The van der Waals surface area contributed by atoms with Crippen molar-refractivity contribution in [1.82, 2.24) is 10.6 Å². The lowest BCUT2D eigenvalue weighted by Gasteiger charge is -2.28. The lowest BCUT2D eigenvalue weighted by atomic mass is 9.85. The van der Waals surface area contributed by atoms with E-state index >= 15 is 0 Å². The van der Waals surface area contributed by atoms with Gasteiger partial charge in [-0.2, -0.15) is 0 Å². The number of nitrogens with one attached hydrogen (secondary N) is 2. The molecule has 5 nitrogen and oxygen atoms in total. The summed E-state index contributed by atoms with van der Waals surface area (Å²) in [5, 5.41) is 6.15. The molecule has 0 bridgehead atoms. The van der Waals surface area contributed by atoms with Gasteiger partial charge in [0.15, 0.2) is 11.6 Å². The molecule has 0 aromatic carbocycles. The Morgan fingerprint density at radius 3 is 1.56 bits per heavy atom. The van der Waals surface area contributed by atoms with Crippen LogP contribution in [0.2, 0.25) is 0 Å². The molecule has 0 saturated carbocycles. The number of Topliss-reactive ketones (excluding diaryl/α,β-unsaturated/α-hetero) is 2. The largest absolute Gasteiger partial charge is 0.346 e. The van der Waals surface area contributed by atoms with E-state index in [2.05, 4.69) is 10.6 Å². The average Bonchev–Trinajstić information content (AvgIpc) is 2.45. The van der Waals surface area contributed by atoms with E-state index in [-0.39, 0.29) is 53.7 Å². The molecule has 0 aliphatic heterocycles. The van der Waals surface area contributed by atoms with E-state index < -0.39 is 12.0 Å². The Hall–Kier alpha value is -1.23. The summed E-state index contributed by atoms with van der Waals surface area (Å²) >= 11 is 0. The molecule has 25 heavy (non-hydrogen) atoms. The standard InChI is InChI=1S/C20H38N2O3/c1-11(2)16(20(25)22-18(12(3)4)15(9)23)10-17(24)19(13(5)6)21-14(7)8/h11-14,16,18-19,21H,10H2,1-9H3,(H,22,25). The number of rotatable bonds is 11. The fourth-order valence-electron chi connectivity index (χ4n) is 2.99. The molecular formula is C20H38N2O3. The highest BCUT2D eigenvalue weighted by atomic mass is 16.2. The molecule has 3 atom stereocenters. The van der Waals surface area contributed by atoms with Crippen LogP contribution in [0.1, 0.15) is 68.7 Å². The summed E-state index contributed by atoms with van der Waals surface area (Å²) in [5.41, 5.74) is 0. The van der Waals surface area contributed by atoms with Crippen LogP contribution < -0.4 is 10.6 Å². The average molecular weight is 355 g/mol. The summed E-state index contributed by atoms with van der Waals surface area (Å²) < 4.78 is 0. The molecule has 0 aliphatic rings. The Bertz CT molecular complexity index is 456. The molecule has 146 valence electrons. The Balaban J connectivity index is 5.19. The van der Waals surface area contributed by atoms with Crippen LogP contribution in [0.25, 0.3) is 0 Å². The number of carbonyl (C=O) groups is 3. The van der Waals surface area contributed by atoms with Crippen molar-refractivity contribution in [3.05, 3.63) is 0 Å². The van der Waals surface area contributed by atoms with Crippen molar-refractivity contribution in [2.75, 3.05) is 0 Å². The fraction of sp³-hybridized carbons (Fsp3) is 0.850. The third-order valence-electron chi connectivity index (χ3n) is 4.49.